The van der Waals surface area contributed by atoms with Gasteiger partial charge in [-0.3, -0.25) is 10.3 Å². The molecule has 0 bridgehead atoms. The van der Waals surface area contributed by atoms with E-state index in [1.54, 1.807) is 18.2 Å². The van der Waals surface area contributed by atoms with Crippen molar-refractivity contribution in [3.8, 4) is 6.07 Å². The molecule has 6 nitrogen and oxygen atoms in total. The molecule has 6 heteroatoms. The molecule has 1 aliphatic heterocycles. The maximum atomic E-state index is 9.05. The molecule has 0 aliphatic carbocycles. The van der Waals surface area contributed by atoms with Gasteiger partial charge in [-0.25, -0.2) is 0 Å². The van der Waals surface area contributed by atoms with Crippen LogP contribution in [0.1, 0.15) is 22.3 Å². The van der Waals surface area contributed by atoms with Crippen LogP contribution >= 0.6 is 0 Å². The van der Waals surface area contributed by atoms with Crippen LogP contribution in [0.5, 0.6) is 0 Å². The van der Waals surface area contributed by atoms with Crippen molar-refractivity contribution >= 4 is 17.1 Å². The highest BCUT2D eigenvalue weighted by Gasteiger charge is 2.14. The molecule has 1 aliphatic rings. The lowest BCUT2D eigenvalue weighted by Gasteiger charge is -2.26. The summed E-state index contributed by atoms with van der Waals surface area (Å²) in [5.74, 6) is 0. The molecule has 1 fully saturated rings. The highest BCUT2D eigenvalue weighted by Crippen LogP contribution is 2.17. The maximum absolute atomic E-state index is 9.05. The van der Waals surface area contributed by atoms with Gasteiger partial charge in [0.15, 0.2) is 0 Å². The Morgan fingerprint density at radius 2 is 1.85 bits per heavy atom. The Bertz CT molecular complexity index is 894. The molecule has 0 unspecified atom stereocenters. The predicted molar refractivity (Wildman–Crippen MR) is 106 cm³/mol. The lowest BCUT2D eigenvalue weighted by Crippen LogP contribution is -2.35. The van der Waals surface area contributed by atoms with Crippen LogP contribution in [-0.4, -0.2) is 42.6 Å². The molecule has 2 aromatic rings. The minimum atomic E-state index is 0.0585. The van der Waals surface area contributed by atoms with Gasteiger partial charge in [-0.1, -0.05) is 24.3 Å². The topological polar surface area (TPSA) is 110 Å². The third kappa shape index (κ3) is 4.79. The Balaban J connectivity index is 1.69. The first-order valence-electron chi connectivity index (χ1n) is 8.91. The second-order valence-electron chi connectivity index (χ2n) is 6.65. The number of anilines is 1. The second kappa shape index (κ2) is 8.58. The fourth-order valence-electron chi connectivity index (χ4n) is 3.15. The SMILES string of the molecule is N#Cc1ccc(N)c(C(=N)C(=N)Cc2cccc(CN3CCOCC3)c2)c1. The van der Waals surface area contributed by atoms with Crippen LogP contribution in [0.25, 0.3) is 0 Å². The molecule has 0 saturated carbocycles. The zero-order valence-corrected chi connectivity index (χ0v) is 15.2. The molecule has 27 heavy (non-hydrogen) atoms. The van der Waals surface area contributed by atoms with Crippen molar-refractivity contribution in [3.05, 3.63) is 64.7 Å². The zero-order chi connectivity index (χ0) is 19.2. The van der Waals surface area contributed by atoms with Gasteiger partial charge in [-0.05, 0) is 29.3 Å². The van der Waals surface area contributed by atoms with E-state index in [0.29, 0.717) is 23.2 Å². The molecule has 3 rings (SSSR count). The number of nitrogen functional groups attached to an aromatic ring is 1. The van der Waals surface area contributed by atoms with E-state index in [-0.39, 0.29) is 11.4 Å². The number of nitrogens with one attached hydrogen (secondary N) is 2. The van der Waals surface area contributed by atoms with Crippen LogP contribution in [0.2, 0.25) is 0 Å². The summed E-state index contributed by atoms with van der Waals surface area (Å²) >= 11 is 0. The van der Waals surface area contributed by atoms with Crippen LogP contribution in [-0.2, 0) is 17.7 Å². The largest absolute Gasteiger partial charge is 0.398 e. The monoisotopic (exact) mass is 361 g/mol. The molecule has 1 heterocycles. The smallest absolute Gasteiger partial charge is 0.0991 e. The molecule has 2 aromatic carbocycles. The van der Waals surface area contributed by atoms with Gasteiger partial charge in [0, 0.05) is 37.3 Å². The number of benzene rings is 2. The summed E-state index contributed by atoms with van der Waals surface area (Å²) in [5.41, 5.74) is 9.64. The molecular formula is C21H23N5O. The standard InChI is InChI=1S/C21H23N5O/c22-13-16-4-5-19(23)18(11-16)21(25)20(24)12-15-2-1-3-17(10-15)14-26-6-8-27-9-7-26/h1-5,10-11,24-25H,6-9,12,14,23H2. The molecule has 0 spiro atoms. The van der Waals surface area contributed by atoms with E-state index >= 15 is 0 Å². The lowest BCUT2D eigenvalue weighted by atomic mass is 9.97. The first-order valence-corrected chi connectivity index (χ1v) is 8.91. The third-order valence-electron chi connectivity index (χ3n) is 4.64. The molecule has 1 saturated heterocycles. The number of ether oxygens (including phenoxy) is 1. The minimum Gasteiger partial charge on any atom is -0.398 e. The summed E-state index contributed by atoms with van der Waals surface area (Å²) in [6.07, 6.45) is 0.353. The van der Waals surface area contributed by atoms with E-state index in [0.717, 1.165) is 38.4 Å². The fourth-order valence-corrected chi connectivity index (χ4v) is 3.15. The average Bonchev–Trinajstić information content (AvgIpc) is 2.69. The average molecular weight is 361 g/mol. The Labute approximate surface area is 159 Å². The Kier molecular flexibility index (Phi) is 5.97. The normalized spacial score (nSPS) is 14.5. The predicted octanol–water partition coefficient (Wildman–Crippen LogP) is 2.60. The van der Waals surface area contributed by atoms with Crippen molar-refractivity contribution in [2.75, 3.05) is 32.0 Å². The van der Waals surface area contributed by atoms with E-state index in [9.17, 15) is 0 Å². The van der Waals surface area contributed by atoms with Crippen molar-refractivity contribution in [1.82, 2.24) is 4.90 Å². The number of rotatable bonds is 6. The van der Waals surface area contributed by atoms with Crippen LogP contribution in [0.3, 0.4) is 0 Å². The van der Waals surface area contributed by atoms with E-state index in [4.69, 9.17) is 26.6 Å². The summed E-state index contributed by atoms with van der Waals surface area (Å²) in [7, 11) is 0. The summed E-state index contributed by atoms with van der Waals surface area (Å²) in [6, 6.07) is 15.0. The van der Waals surface area contributed by atoms with Gasteiger partial charge in [0.1, 0.15) is 0 Å². The Hall–Kier alpha value is -3.01. The van der Waals surface area contributed by atoms with E-state index < -0.39 is 0 Å². The van der Waals surface area contributed by atoms with Gasteiger partial charge in [-0.2, -0.15) is 5.26 Å². The third-order valence-corrected chi connectivity index (χ3v) is 4.64. The van der Waals surface area contributed by atoms with Crippen LogP contribution in [0.4, 0.5) is 5.69 Å². The Morgan fingerprint density at radius 3 is 2.59 bits per heavy atom. The first kappa shape index (κ1) is 18.8. The number of morpholine rings is 1. The highest BCUT2D eigenvalue weighted by molar-refractivity contribution is 6.47. The molecule has 0 atom stereocenters. The second-order valence-corrected chi connectivity index (χ2v) is 6.65. The lowest BCUT2D eigenvalue weighted by molar-refractivity contribution is 0.0342. The van der Waals surface area contributed by atoms with Gasteiger partial charge >= 0.3 is 0 Å². The molecule has 0 radical (unpaired) electrons. The molecule has 0 amide bonds. The summed E-state index contributed by atoms with van der Waals surface area (Å²) in [5, 5.41) is 25.7. The summed E-state index contributed by atoms with van der Waals surface area (Å²) < 4.78 is 5.38. The number of nitrogens with zero attached hydrogens (tertiary/aromatic N) is 2. The molecule has 0 aromatic heterocycles. The van der Waals surface area contributed by atoms with Crippen molar-refractivity contribution in [2.45, 2.75) is 13.0 Å². The zero-order valence-electron chi connectivity index (χ0n) is 15.2. The van der Waals surface area contributed by atoms with Crippen molar-refractivity contribution in [1.29, 1.82) is 16.1 Å². The Morgan fingerprint density at radius 1 is 1.11 bits per heavy atom. The molecule has 4 N–H and O–H groups in total. The summed E-state index contributed by atoms with van der Waals surface area (Å²) in [4.78, 5) is 2.35. The number of nitriles is 1. The van der Waals surface area contributed by atoms with Crippen molar-refractivity contribution in [2.24, 2.45) is 0 Å². The van der Waals surface area contributed by atoms with Gasteiger partial charge in [0.2, 0.25) is 0 Å². The van der Waals surface area contributed by atoms with Crippen molar-refractivity contribution in [3.63, 3.8) is 0 Å². The maximum Gasteiger partial charge on any atom is 0.0991 e. The fraction of sp³-hybridized carbons (Fsp3) is 0.286. The van der Waals surface area contributed by atoms with Crippen molar-refractivity contribution < 1.29 is 4.74 Å². The van der Waals surface area contributed by atoms with Crippen LogP contribution in [0.15, 0.2) is 42.5 Å². The number of hydrogen-bond donors (Lipinski definition) is 3. The van der Waals surface area contributed by atoms with E-state index in [1.807, 2.05) is 18.2 Å². The quantitative estimate of drug-likeness (QED) is 0.542. The number of hydrogen-bond acceptors (Lipinski definition) is 6. The van der Waals surface area contributed by atoms with Crippen LogP contribution in [0, 0.1) is 22.1 Å². The van der Waals surface area contributed by atoms with Gasteiger partial charge in [-0.15, -0.1) is 0 Å². The highest BCUT2D eigenvalue weighted by atomic mass is 16.5. The molecule has 138 valence electrons. The van der Waals surface area contributed by atoms with Gasteiger partial charge in [0.25, 0.3) is 0 Å². The van der Waals surface area contributed by atoms with Gasteiger partial charge in [0.05, 0.1) is 36.3 Å². The molecular weight excluding hydrogens is 338 g/mol. The minimum absolute atomic E-state index is 0.0585. The first-order chi connectivity index (χ1) is 13.1. The van der Waals surface area contributed by atoms with E-state index in [2.05, 4.69) is 17.0 Å². The van der Waals surface area contributed by atoms with Gasteiger partial charge < -0.3 is 15.9 Å². The number of nitrogens with two attached hydrogens (primary N) is 1. The van der Waals surface area contributed by atoms with Crippen LogP contribution < -0.4 is 5.73 Å². The summed E-state index contributed by atoms with van der Waals surface area (Å²) in [6.45, 7) is 4.26. The van der Waals surface area contributed by atoms with E-state index in [1.165, 1.54) is 5.56 Å².